The predicted octanol–water partition coefficient (Wildman–Crippen LogP) is 7.32. The van der Waals surface area contributed by atoms with Crippen LogP contribution >= 0.6 is 0 Å². The van der Waals surface area contributed by atoms with Gasteiger partial charge in [-0.1, -0.05) is 52.0 Å². The molecule has 0 radical (unpaired) electrons. The maximum absolute atomic E-state index is 13.6. The van der Waals surface area contributed by atoms with Crippen LogP contribution < -0.4 is 10.6 Å². The molecule has 6 aromatic rings. The van der Waals surface area contributed by atoms with Gasteiger partial charge < -0.3 is 40.2 Å². The number of aromatic amines is 2. The number of methoxy groups -OCH3 is 1. The summed E-state index contributed by atoms with van der Waals surface area (Å²) in [4.78, 5) is 75.8. The number of imidazole rings is 2. The van der Waals surface area contributed by atoms with Crippen molar-refractivity contribution in [2.45, 2.75) is 77.5 Å². The van der Waals surface area contributed by atoms with Crippen molar-refractivity contribution >= 4 is 57.0 Å². The van der Waals surface area contributed by atoms with Gasteiger partial charge in [0.2, 0.25) is 11.8 Å². The van der Waals surface area contributed by atoms with Crippen LogP contribution in [-0.4, -0.2) is 96.1 Å². The van der Waals surface area contributed by atoms with E-state index in [0.29, 0.717) is 18.9 Å². The molecule has 15 heteroatoms. The Balaban J connectivity index is 0.997. The fraction of sp³-hybridized carbons (Fsp3) is 0.386. The molecule has 2 aliphatic rings. The second kappa shape index (κ2) is 16.0. The van der Waals surface area contributed by atoms with Crippen LogP contribution in [0.3, 0.4) is 0 Å². The van der Waals surface area contributed by atoms with Gasteiger partial charge in [0.25, 0.3) is 0 Å². The summed E-state index contributed by atoms with van der Waals surface area (Å²) in [6.07, 6.45) is 1.31. The number of ether oxygens (including phenoxy) is 1. The molecular formula is C44H49N9O6. The highest BCUT2D eigenvalue weighted by molar-refractivity contribution is 5.91. The third-order valence-electron chi connectivity index (χ3n) is 11.6. The lowest BCUT2D eigenvalue weighted by molar-refractivity contribution is -0.136. The minimum Gasteiger partial charge on any atom is -0.465 e. The molecular weight excluding hydrogens is 751 g/mol. The molecule has 15 nitrogen and oxygen atoms in total. The number of likely N-dealkylation sites (tertiary alicyclic amines) is 2. The molecule has 2 saturated heterocycles. The summed E-state index contributed by atoms with van der Waals surface area (Å²) < 4.78 is 4.77. The molecule has 59 heavy (non-hydrogen) atoms. The standard InChI is InChI=1S/C44H49N9O6/c1-23(2)37(50-43(56)57)41(54)52-18-6-8-35(52)40-47-32-17-13-28(22-34(32)49-40)30-15-12-27-20-25(10-14-29(27)45-30)26-11-16-31-33(21-26)48-39(46-31)36-9-7-19-53(36)42(55)38(24(3)4)51-44(58)59-5/h10-17,20-24,35-38,50H,6-9,18-19H2,1-5H3,(H,46,48)(H,47,49)(H,51,58)(H,56,57)/t35-,36-,37-,38-/m0/s1. The summed E-state index contributed by atoms with van der Waals surface area (Å²) in [5.74, 6) is 0.717. The lowest BCUT2D eigenvalue weighted by atomic mass is 10.0. The summed E-state index contributed by atoms with van der Waals surface area (Å²) in [5.41, 5.74) is 7.88. The molecule has 8 rings (SSSR count). The van der Waals surface area contributed by atoms with Gasteiger partial charge in [-0.05, 0) is 91.1 Å². The predicted molar refractivity (Wildman–Crippen MR) is 223 cm³/mol. The lowest BCUT2D eigenvalue weighted by Crippen LogP contribution is -2.51. The van der Waals surface area contributed by atoms with Gasteiger partial charge in [0.05, 0.1) is 52.5 Å². The average molecular weight is 800 g/mol. The molecule has 5 N–H and O–H groups in total. The van der Waals surface area contributed by atoms with Crippen LogP contribution in [-0.2, 0) is 14.3 Å². The summed E-state index contributed by atoms with van der Waals surface area (Å²) in [6, 6.07) is 20.3. The van der Waals surface area contributed by atoms with E-state index in [2.05, 4.69) is 50.9 Å². The van der Waals surface area contributed by atoms with Crippen LogP contribution in [0.4, 0.5) is 9.59 Å². The zero-order valence-electron chi connectivity index (χ0n) is 33.8. The topological polar surface area (TPSA) is 199 Å². The number of benzene rings is 3. The number of carbonyl (C=O) groups excluding carboxylic acids is 3. The third-order valence-corrected chi connectivity index (χ3v) is 11.6. The number of alkyl carbamates (subject to hydrolysis) is 1. The zero-order chi connectivity index (χ0) is 41.5. The van der Waals surface area contributed by atoms with Gasteiger partial charge in [-0.3, -0.25) is 9.59 Å². The summed E-state index contributed by atoms with van der Waals surface area (Å²) >= 11 is 0. The number of amides is 4. The van der Waals surface area contributed by atoms with Crippen LogP contribution in [0.25, 0.3) is 55.4 Å². The van der Waals surface area contributed by atoms with Gasteiger partial charge in [0, 0.05) is 24.0 Å². The van der Waals surface area contributed by atoms with E-state index in [4.69, 9.17) is 19.7 Å². The molecule has 4 amide bonds. The van der Waals surface area contributed by atoms with Crippen LogP contribution in [0.15, 0.2) is 66.7 Å². The number of pyridine rings is 1. The van der Waals surface area contributed by atoms with Crippen molar-refractivity contribution in [2.24, 2.45) is 11.8 Å². The first-order chi connectivity index (χ1) is 28.4. The number of hydrogen-bond acceptors (Lipinski definition) is 8. The molecule has 2 fully saturated rings. The minimum absolute atomic E-state index is 0.115. The molecule has 4 atom stereocenters. The Kier molecular flexibility index (Phi) is 10.7. The van der Waals surface area contributed by atoms with E-state index in [1.54, 1.807) is 4.90 Å². The SMILES string of the molecule is COC(=O)N[C@H](C(=O)N1CCC[C@H]1c1nc2cc(-c3ccc4nc(-c5ccc6[nH]c([C@@H]7CCCN7C(=O)[C@@H](NC(=O)O)C(C)C)nc6c5)ccc4c3)ccc2[nH]1)C(C)C. The Bertz CT molecular complexity index is 2580. The van der Waals surface area contributed by atoms with Crippen LogP contribution in [0.1, 0.15) is 77.1 Å². The van der Waals surface area contributed by atoms with Gasteiger partial charge in [0.1, 0.15) is 23.7 Å². The fourth-order valence-electron chi connectivity index (χ4n) is 8.50. The highest BCUT2D eigenvalue weighted by atomic mass is 16.5. The third kappa shape index (κ3) is 7.76. The van der Waals surface area contributed by atoms with Crippen molar-refractivity contribution in [3.05, 3.63) is 78.4 Å². The molecule has 0 bridgehead atoms. The monoisotopic (exact) mass is 799 g/mol. The molecule has 2 aliphatic heterocycles. The van der Waals surface area contributed by atoms with Crippen molar-refractivity contribution in [3.63, 3.8) is 0 Å². The number of carboxylic acid groups (broad SMARTS) is 1. The van der Waals surface area contributed by atoms with Gasteiger partial charge in [-0.2, -0.15) is 0 Å². The maximum Gasteiger partial charge on any atom is 0.407 e. The van der Waals surface area contributed by atoms with E-state index in [1.807, 2.05) is 69.0 Å². The first-order valence-corrected chi connectivity index (χ1v) is 20.2. The minimum atomic E-state index is -1.22. The number of rotatable bonds is 10. The molecule has 3 aromatic heterocycles. The summed E-state index contributed by atoms with van der Waals surface area (Å²) in [5, 5.41) is 15.4. The second-order valence-corrected chi connectivity index (χ2v) is 16.2. The number of hydrogen-bond donors (Lipinski definition) is 5. The molecule has 306 valence electrons. The average Bonchev–Trinajstić information content (AvgIpc) is 4.05. The molecule has 3 aromatic carbocycles. The van der Waals surface area contributed by atoms with Crippen molar-refractivity contribution in [3.8, 4) is 22.4 Å². The van der Waals surface area contributed by atoms with Crippen molar-refractivity contribution in [1.29, 1.82) is 0 Å². The van der Waals surface area contributed by atoms with Gasteiger partial charge >= 0.3 is 12.2 Å². The summed E-state index contributed by atoms with van der Waals surface area (Å²) in [7, 11) is 1.29. The lowest BCUT2D eigenvalue weighted by Gasteiger charge is -2.29. The van der Waals surface area contributed by atoms with Crippen LogP contribution in [0.5, 0.6) is 0 Å². The van der Waals surface area contributed by atoms with E-state index in [-0.39, 0.29) is 35.7 Å². The summed E-state index contributed by atoms with van der Waals surface area (Å²) in [6.45, 7) is 8.59. The first kappa shape index (κ1) is 39.3. The molecule has 0 spiro atoms. The van der Waals surface area contributed by atoms with E-state index in [0.717, 1.165) is 86.9 Å². The van der Waals surface area contributed by atoms with Crippen LogP contribution in [0, 0.1) is 11.8 Å². The number of aromatic nitrogens is 5. The fourth-order valence-corrected chi connectivity index (χ4v) is 8.50. The van der Waals surface area contributed by atoms with E-state index in [1.165, 1.54) is 7.11 Å². The van der Waals surface area contributed by atoms with E-state index >= 15 is 0 Å². The Morgan fingerprint density at radius 1 is 0.678 bits per heavy atom. The first-order valence-electron chi connectivity index (χ1n) is 20.2. The zero-order valence-corrected chi connectivity index (χ0v) is 33.8. The Morgan fingerprint density at radius 2 is 1.20 bits per heavy atom. The smallest absolute Gasteiger partial charge is 0.407 e. The number of nitrogens with one attached hydrogen (secondary N) is 4. The van der Waals surface area contributed by atoms with Crippen LogP contribution in [0.2, 0.25) is 0 Å². The van der Waals surface area contributed by atoms with Gasteiger partial charge in [-0.15, -0.1) is 0 Å². The molecule has 5 heterocycles. The molecule has 0 aliphatic carbocycles. The second-order valence-electron chi connectivity index (χ2n) is 16.2. The van der Waals surface area contributed by atoms with E-state index in [9.17, 15) is 24.3 Å². The molecule has 0 unspecified atom stereocenters. The highest BCUT2D eigenvalue weighted by Gasteiger charge is 2.39. The van der Waals surface area contributed by atoms with Crippen molar-refractivity contribution in [1.82, 2.24) is 45.4 Å². The highest BCUT2D eigenvalue weighted by Crippen LogP contribution is 2.36. The normalized spacial score (nSPS) is 17.9. The number of nitrogens with zero attached hydrogens (tertiary/aromatic N) is 5. The van der Waals surface area contributed by atoms with Crippen molar-refractivity contribution < 1.29 is 29.0 Å². The Labute approximate surface area is 340 Å². The quantitative estimate of drug-likeness (QED) is 0.0942. The number of fused-ring (bicyclic) bond motifs is 3. The van der Waals surface area contributed by atoms with Gasteiger partial charge in [0.15, 0.2) is 0 Å². The number of H-pyrrole nitrogens is 2. The molecule has 0 saturated carbocycles. The van der Waals surface area contributed by atoms with Crippen molar-refractivity contribution in [2.75, 3.05) is 20.2 Å². The largest absolute Gasteiger partial charge is 0.465 e. The Morgan fingerprint density at radius 3 is 1.76 bits per heavy atom. The van der Waals surface area contributed by atoms with E-state index < -0.39 is 24.3 Å². The number of carbonyl (C=O) groups is 4. The Hall–Kier alpha value is -6.51. The maximum atomic E-state index is 13.6. The van der Waals surface area contributed by atoms with Gasteiger partial charge in [-0.25, -0.2) is 24.5 Å².